The number of carbonyl (C=O) groups excluding carboxylic acids is 1. The number of ketones is 1. The number of carbonyl (C=O) groups is 1. The van der Waals surface area contributed by atoms with Crippen molar-refractivity contribution in [3.05, 3.63) is 68.2 Å². The van der Waals surface area contributed by atoms with E-state index < -0.39 is 0 Å². The molecular weight excluding hydrogens is 332 g/mol. The average Bonchev–Trinajstić information content (AvgIpc) is 3.09. The van der Waals surface area contributed by atoms with Gasteiger partial charge < -0.3 is 4.74 Å². The lowest BCUT2D eigenvalue weighted by molar-refractivity contribution is 0.104. The molecule has 0 aliphatic rings. The Morgan fingerprint density at radius 2 is 1.86 bits per heavy atom. The molecule has 0 bridgehead atoms. The van der Waals surface area contributed by atoms with Crippen LogP contribution in [0.2, 0.25) is 0 Å². The van der Waals surface area contributed by atoms with Gasteiger partial charge in [-0.2, -0.15) is 0 Å². The van der Waals surface area contributed by atoms with Crippen LogP contribution < -0.4 is 4.74 Å². The third-order valence-corrected chi connectivity index (χ3v) is 5.52. The quantitative estimate of drug-likeness (QED) is 0.465. The van der Waals surface area contributed by atoms with E-state index in [0.717, 1.165) is 21.1 Å². The highest BCUT2D eigenvalue weighted by atomic mass is 32.1. The van der Waals surface area contributed by atoms with Crippen LogP contribution in [0.3, 0.4) is 0 Å². The van der Waals surface area contributed by atoms with Gasteiger partial charge in [0.1, 0.15) is 9.57 Å². The van der Waals surface area contributed by atoms with Gasteiger partial charge in [0, 0.05) is 4.88 Å². The molecule has 2 heterocycles. The topological polar surface area (TPSA) is 26.3 Å². The van der Waals surface area contributed by atoms with Gasteiger partial charge in [0.15, 0.2) is 0 Å². The second-order valence-electron chi connectivity index (χ2n) is 4.54. The molecule has 5 heteroatoms. The van der Waals surface area contributed by atoms with Crippen LogP contribution in [0.5, 0.6) is 5.75 Å². The number of benzene rings is 1. The third kappa shape index (κ3) is 3.02. The van der Waals surface area contributed by atoms with Crippen molar-refractivity contribution in [3.63, 3.8) is 0 Å². The molecule has 0 saturated carbocycles. The van der Waals surface area contributed by atoms with Gasteiger partial charge in [0.25, 0.3) is 0 Å². The van der Waals surface area contributed by atoms with Gasteiger partial charge in [-0.05, 0) is 53.4 Å². The lowest BCUT2D eigenvalue weighted by Crippen LogP contribution is -1.98. The summed E-state index contributed by atoms with van der Waals surface area (Å²) in [7, 11) is 1.64. The summed E-state index contributed by atoms with van der Waals surface area (Å²) in [6, 6.07) is 15.3. The van der Waals surface area contributed by atoms with Gasteiger partial charge in [-0.3, -0.25) is 4.79 Å². The first-order valence-electron chi connectivity index (χ1n) is 6.56. The largest absolute Gasteiger partial charge is 0.497 e. The van der Waals surface area contributed by atoms with Gasteiger partial charge in [-0.1, -0.05) is 18.3 Å². The Kier molecular flexibility index (Phi) is 4.47. The molecule has 0 saturated heterocycles. The number of ether oxygens (including phenoxy) is 1. The number of rotatable bonds is 4. The molecule has 0 unspecified atom stereocenters. The zero-order valence-corrected chi connectivity index (χ0v) is 14.2. The standard InChI is InChI=1S/C17H12O2S3/c1-19-12-6-4-11(5-7-12)14-9-8-13(17(20)22-14)16(18)15-3-2-10-21-15/h2-10H,1H3. The lowest BCUT2D eigenvalue weighted by atomic mass is 10.1. The Morgan fingerprint density at radius 1 is 1.09 bits per heavy atom. The molecule has 0 fully saturated rings. The van der Waals surface area contributed by atoms with Crippen LogP contribution in [0.1, 0.15) is 15.2 Å². The van der Waals surface area contributed by atoms with Gasteiger partial charge >= 0.3 is 0 Å². The molecule has 2 nitrogen and oxygen atoms in total. The van der Waals surface area contributed by atoms with E-state index in [4.69, 9.17) is 17.0 Å². The third-order valence-electron chi connectivity index (χ3n) is 3.19. The first kappa shape index (κ1) is 15.1. The van der Waals surface area contributed by atoms with Gasteiger partial charge in [0.2, 0.25) is 5.78 Å². The smallest absolute Gasteiger partial charge is 0.205 e. The fourth-order valence-corrected chi connectivity index (χ4v) is 4.00. The first-order valence-corrected chi connectivity index (χ1v) is 8.66. The summed E-state index contributed by atoms with van der Waals surface area (Å²) in [5.74, 6) is 0.814. The summed E-state index contributed by atoms with van der Waals surface area (Å²) in [4.78, 5) is 14.1. The van der Waals surface area contributed by atoms with Crippen molar-refractivity contribution in [1.29, 1.82) is 0 Å². The van der Waals surface area contributed by atoms with Crippen molar-refractivity contribution in [1.82, 2.24) is 0 Å². The molecule has 110 valence electrons. The minimum atomic E-state index is -0.00229. The van der Waals surface area contributed by atoms with E-state index >= 15 is 0 Å². The molecule has 1 aromatic carbocycles. The Hall–Kier alpha value is -1.82. The average molecular weight is 344 g/mol. The second-order valence-corrected chi connectivity index (χ2v) is 7.20. The maximum absolute atomic E-state index is 12.4. The first-order chi connectivity index (χ1) is 10.7. The molecule has 0 spiro atoms. The molecular formula is C17H12O2S3. The molecule has 3 rings (SSSR count). The number of hydrogen-bond donors (Lipinski definition) is 0. The highest BCUT2D eigenvalue weighted by Crippen LogP contribution is 2.29. The van der Waals surface area contributed by atoms with Crippen LogP contribution in [-0.2, 0) is 0 Å². The number of thiophene rings is 1. The van der Waals surface area contributed by atoms with E-state index in [1.54, 1.807) is 7.11 Å². The minimum absolute atomic E-state index is 0.00229. The normalized spacial score (nSPS) is 10.4. The maximum Gasteiger partial charge on any atom is 0.205 e. The van der Waals surface area contributed by atoms with Crippen LogP contribution in [-0.4, -0.2) is 12.9 Å². The van der Waals surface area contributed by atoms with Crippen LogP contribution in [0.15, 0.2) is 53.9 Å². The summed E-state index contributed by atoms with van der Waals surface area (Å²) in [6.07, 6.45) is 0. The second kappa shape index (κ2) is 6.52. The Morgan fingerprint density at radius 3 is 2.45 bits per heavy atom. The maximum atomic E-state index is 12.4. The van der Waals surface area contributed by atoms with E-state index in [9.17, 15) is 4.79 Å². The fourth-order valence-electron chi connectivity index (χ4n) is 2.04. The molecule has 3 aromatic rings. The highest BCUT2D eigenvalue weighted by Gasteiger charge is 2.13. The van der Waals surface area contributed by atoms with E-state index in [1.165, 1.54) is 22.7 Å². The van der Waals surface area contributed by atoms with E-state index in [0.29, 0.717) is 9.39 Å². The summed E-state index contributed by atoms with van der Waals surface area (Å²) < 4.78 is 5.78. The molecule has 0 aliphatic carbocycles. The van der Waals surface area contributed by atoms with Crippen molar-refractivity contribution < 1.29 is 9.53 Å². The van der Waals surface area contributed by atoms with Gasteiger partial charge in [-0.25, -0.2) is 0 Å². The van der Waals surface area contributed by atoms with Crippen molar-refractivity contribution in [2.24, 2.45) is 0 Å². The SMILES string of the molecule is COc1ccc(-c2ccc(C(=O)c3cccs3)c(=S)s2)cc1. The molecule has 0 amide bonds. The van der Waals surface area contributed by atoms with Crippen LogP contribution >= 0.6 is 34.9 Å². The minimum Gasteiger partial charge on any atom is -0.497 e. The Balaban J connectivity index is 1.95. The van der Waals surface area contributed by atoms with E-state index in [-0.39, 0.29) is 5.78 Å². The summed E-state index contributed by atoms with van der Waals surface area (Å²) >= 11 is 8.30. The number of methoxy groups -OCH3 is 1. The molecule has 0 radical (unpaired) electrons. The van der Waals surface area contributed by atoms with Crippen molar-refractivity contribution in [2.75, 3.05) is 7.11 Å². The van der Waals surface area contributed by atoms with Crippen LogP contribution in [0.4, 0.5) is 0 Å². The zero-order chi connectivity index (χ0) is 15.5. The zero-order valence-electron chi connectivity index (χ0n) is 11.7. The Bertz CT molecular complexity index is 846. The van der Waals surface area contributed by atoms with Gasteiger partial charge in [0.05, 0.1) is 17.6 Å². The fraction of sp³-hybridized carbons (Fsp3) is 0.0588. The molecule has 0 atom stereocenters. The van der Waals surface area contributed by atoms with Crippen molar-refractivity contribution in [3.8, 4) is 16.2 Å². The van der Waals surface area contributed by atoms with Crippen molar-refractivity contribution >= 4 is 40.7 Å². The van der Waals surface area contributed by atoms with Crippen LogP contribution in [0.25, 0.3) is 10.4 Å². The summed E-state index contributed by atoms with van der Waals surface area (Å²) in [5.41, 5.74) is 1.66. The van der Waals surface area contributed by atoms with Gasteiger partial charge in [-0.15, -0.1) is 22.7 Å². The van der Waals surface area contributed by atoms with E-state index in [2.05, 4.69) is 0 Å². The van der Waals surface area contributed by atoms with Crippen LogP contribution in [0, 0.1) is 3.82 Å². The predicted molar refractivity (Wildman–Crippen MR) is 94.9 cm³/mol. The molecule has 2 aromatic heterocycles. The predicted octanol–water partition coefficient (Wildman–Crippen LogP) is 5.45. The summed E-state index contributed by atoms with van der Waals surface area (Å²) in [5, 5.41) is 1.89. The highest BCUT2D eigenvalue weighted by molar-refractivity contribution is 7.73. The molecule has 0 aliphatic heterocycles. The summed E-state index contributed by atoms with van der Waals surface area (Å²) in [6.45, 7) is 0. The van der Waals surface area contributed by atoms with Crippen molar-refractivity contribution in [2.45, 2.75) is 0 Å². The molecule has 22 heavy (non-hydrogen) atoms. The number of hydrogen-bond acceptors (Lipinski definition) is 5. The Labute approximate surface area is 141 Å². The molecule has 0 N–H and O–H groups in total. The monoisotopic (exact) mass is 344 g/mol. The lowest BCUT2D eigenvalue weighted by Gasteiger charge is -2.04. The van der Waals surface area contributed by atoms with E-state index in [1.807, 2.05) is 53.9 Å².